The molecule has 2 aliphatic rings. The topological polar surface area (TPSA) is 151 Å². The van der Waals surface area contributed by atoms with Crippen LogP contribution >= 0.6 is 11.8 Å². The van der Waals surface area contributed by atoms with Crippen LogP contribution in [0.15, 0.2) is 46.0 Å². The van der Waals surface area contributed by atoms with Crippen LogP contribution in [0.2, 0.25) is 0 Å². The van der Waals surface area contributed by atoms with Crippen LogP contribution in [0.1, 0.15) is 36.1 Å². The molecule has 178 valence electrons. The number of oxazole rings is 1. The molecule has 33 heavy (non-hydrogen) atoms. The van der Waals surface area contributed by atoms with Crippen LogP contribution < -0.4 is 10.6 Å². The van der Waals surface area contributed by atoms with E-state index in [1.807, 2.05) is 0 Å². The van der Waals surface area contributed by atoms with Gasteiger partial charge in [0.2, 0.25) is 0 Å². The second kappa shape index (κ2) is 11.8. The third-order valence-corrected chi connectivity index (χ3v) is 6.00. The third-order valence-electron chi connectivity index (χ3n) is 4.84. The van der Waals surface area contributed by atoms with Gasteiger partial charge in [-0.2, -0.15) is 0 Å². The zero-order valence-electron chi connectivity index (χ0n) is 18.1. The van der Waals surface area contributed by atoms with Crippen LogP contribution in [-0.2, 0) is 20.7 Å². The van der Waals surface area contributed by atoms with E-state index in [2.05, 4.69) is 15.6 Å². The Morgan fingerprint density at radius 3 is 2.82 bits per heavy atom. The molecule has 2 amide bonds. The lowest BCUT2D eigenvalue weighted by molar-refractivity contribution is -0.149. The number of thioether (sulfide) groups is 1. The minimum absolute atomic E-state index is 0.00699. The minimum Gasteiger partial charge on any atom is -0.461 e. The highest BCUT2D eigenvalue weighted by atomic mass is 32.2. The molecule has 4 bridgehead atoms. The molecule has 1 aromatic heterocycles. The first kappa shape index (κ1) is 24.7. The van der Waals surface area contributed by atoms with E-state index in [-0.39, 0.29) is 42.6 Å². The third kappa shape index (κ3) is 7.58. The number of amides is 2. The van der Waals surface area contributed by atoms with Crippen molar-refractivity contribution in [2.75, 3.05) is 12.3 Å². The van der Waals surface area contributed by atoms with Crippen molar-refractivity contribution in [3.63, 3.8) is 0 Å². The molecule has 0 saturated carbocycles. The zero-order valence-corrected chi connectivity index (χ0v) is 18.9. The Kier molecular flexibility index (Phi) is 8.87. The molecular formula is C22H27N3O7S. The van der Waals surface area contributed by atoms with Gasteiger partial charge in [-0.3, -0.25) is 9.59 Å². The molecule has 2 aliphatic heterocycles. The van der Waals surface area contributed by atoms with E-state index in [1.165, 1.54) is 6.08 Å². The number of aromatic nitrogens is 1. The molecule has 10 nitrogen and oxygen atoms in total. The summed E-state index contributed by atoms with van der Waals surface area (Å²) in [5.41, 5.74) is -0.0589. The van der Waals surface area contributed by atoms with Gasteiger partial charge in [-0.15, -0.1) is 11.8 Å². The molecule has 4 unspecified atom stereocenters. The smallest absolute Gasteiger partial charge is 0.329 e. The molecule has 4 atom stereocenters. The molecule has 0 fully saturated rings. The predicted molar refractivity (Wildman–Crippen MR) is 120 cm³/mol. The molecule has 1 aromatic rings. The van der Waals surface area contributed by atoms with Gasteiger partial charge in [-0.1, -0.05) is 30.4 Å². The number of ether oxygens (including phenoxy) is 1. The average molecular weight is 478 g/mol. The Labute approximate surface area is 195 Å². The van der Waals surface area contributed by atoms with E-state index in [4.69, 9.17) is 9.15 Å². The number of cyclic esters (lactones) is 1. The maximum Gasteiger partial charge on any atom is 0.329 e. The fourth-order valence-corrected chi connectivity index (χ4v) is 4.10. The van der Waals surface area contributed by atoms with E-state index in [0.29, 0.717) is 11.3 Å². The number of fused-ring (bicyclic) bond motifs is 5. The number of carbonyl (C=O) groups excluding carboxylic acids is 3. The molecule has 0 aliphatic carbocycles. The molecule has 0 spiro atoms. The predicted octanol–water partition coefficient (Wildman–Crippen LogP) is 0.622. The van der Waals surface area contributed by atoms with Gasteiger partial charge < -0.3 is 30.0 Å². The number of nitrogens with one attached hydrogen (secondary N) is 2. The molecule has 4 N–H and O–H groups in total. The van der Waals surface area contributed by atoms with Gasteiger partial charge in [0.1, 0.15) is 18.4 Å². The molecule has 3 rings (SSSR count). The fourth-order valence-electron chi connectivity index (χ4n) is 3.12. The molecule has 0 radical (unpaired) electrons. The second-order valence-corrected chi connectivity index (χ2v) is 8.76. The summed E-state index contributed by atoms with van der Waals surface area (Å²) in [6.45, 7) is 1.97. The van der Waals surface area contributed by atoms with Gasteiger partial charge in [0.15, 0.2) is 11.6 Å². The van der Waals surface area contributed by atoms with Crippen LogP contribution in [0.5, 0.6) is 0 Å². The molecule has 3 heterocycles. The summed E-state index contributed by atoms with van der Waals surface area (Å²) in [6, 6.07) is -1.00. The SMILES string of the molecule is CC1CC=C2SCC(NC(=O)c3coc(n3)CC(O)CC(O)C=CC=CCNC2=O)C(=O)O1. The Bertz CT molecular complexity index is 956. The average Bonchev–Trinajstić information content (AvgIpc) is 3.23. The maximum atomic E-state index is 12.6. The number of nitrogens with zero attached hydrogens (tertiary/aromatic N) is 1. The largest absolute Gasteiger partial charge is 0.461 e. The normalized spacial score (nSPS) is 28.0. The Morgan fingerprint density at radius 2 is 2.00 bits per heavy atom. The summed E-state index contributed by atoms with van der Waals surface area (Å²) in [7, 11) is 0. The first-order chi connectivity index (χ1) is 15.8. The van der Waals surface area contributed by atoms with Crippen molar-refractivity contribution >= 4 is 29.5 Å². The molecule has 0 aromatic carbocycles. The Morgan fingerprint density at radius 1 is 1.18 bits per heavy atom. The molecule has 11 heteroatoms. The Balaban J connectivity index is 1.84. The first-order valence-corrected chi connectivity index (χ1v) is 11.6. The molecular weight excluding hydrogens is 450 g/mol. The van der Waals surface area contributed by atoms with Crippen LogP contribution in [0.3, 0.4) is 0 Å². The summed E-state index contributed by atoms with van der Waals surface area (Å²) in [5, 5.41) is 25.6. The van der Waals surface area contributed by atoms with Crippen LogP contribution in [0.4, 0.5) is 0 Å². The van der Waals surface area contributed by atoms with Gasteiger partial charge in [0, 0.05) is 25.1 Å². The molecule has 0 saturated heterocycles. The summed E-state index contributed by atoms with van der Waals surface area (Å²) in [5.74, 6) is -1.34. The van der Waals surface area contributed by atoms with E-state index in [1.54, 1.807) is 31.2 Å². The van der Waals surface area contributed by atoms with Gasteiger partial charge in [-0.25, -0.2) is 9.78 Å². The monoisotopic (exact) mass is 477 g/mol. The number of rotatable bonds is 0. The van der Waals surface area contributed by atoms with Gasteiger partial charge in [-0.05, 0) is 6.92 Å². The van der Waals surface area contributed by atoms with Crippen molar-refractivity contribution in [2.45, 2.75) is 50.5 Å². The fraction of sp³-hybridized carbons (Fsp3) is 0.455. The number of esters is 1. The highest BCUT2D eigenvalue weighted by Crippen LogP contribution is 2.22. The minimum atomic E-state index is -1.00. The van der Waals surface area contributed by atoms with Crippen molar-refractivity contribution in [3.8, 4) is 0 Å². The van der Waals surface area contributed by atoms with Crippen molar-refractivity contribution in [3.05, 3.63) is 53.1 Å². The van der Waals surface area contributed by atoms with Crippen molar-refractivity contribution in [1.29, 1.82) is 0 Å². The summed E-state index contributed by atoms with van der Waals surface area (Å²) < 4.78 is 10.7. The van der Waals surface area contributed by atoms with Crippen LogP contribution in [-0.4, -0.2) is 69.6 Å². The second-order valence-electron chi connectivity index (χ2n) is 7.70. The van der Waals surface area contributed by atoms with E-state index >= 15 is 0 Å². The summed E-state index contributed by atoms with van der Waals surface area (Å²) in [4.78, 5) is 42.3. The number of hydrogen-bond acceptors (Lipinski definition) is 9. The summed E-state index contributed by atoms with van der Waals surface area (Å²) >= 11 is 1.15. The zero-order chi connectivity index (χ0) is 23.8. The van der Waals surface area contributed by atoms with Gasteiger partial charge in [0.25, 0.3) is 11.8 Å². The van der Waals surface area contributed by atoms with Gasteiger partial charge in [0.05, 0.1) is 23.5 Å². The standard InChI is InChI=1S/C22H27N3O7S/c1-13-6-7-18-21(29)23-8-4-2-3-5-14(26)9-15(27)10-19-24-16(11-31-19)20(28)25-17(12-33-18)22(30)32-13/h2-5,7,11,13-15,17,26-27H,6,8-10,12H2,1H3,(H,23,29)(H,25,28). The Hall–Kier alpha value is -2.89. The first-order valence-electron chi connectivity index (χ1n) is 10.6. The summed E-state index contributed by atoms with van der Waals surface area (Å²) in [6.07, 6.45) is 7.47. The van der Waals surface area contributed by atoms with Crippen molar-refractivity contribution < 1.29 is 33.8 Å². The number of carbonyl (C=O) groups is 3. The van der Waals surface area contributed by atoms with Crippen molar-refractivity contribution in [2.24, 2.45) is 0 Å². The lowest BCUT2D eigenvalue weighted by atomic mass is 10.1. The van der Waals surface area contributed by atoms with Gasteiger partial charge >= 0.3 is 5.97 Å². The van der Waals surface area contributed by atoms with Crippen LogP contribution in [0, 0.1) is 0 Å². The number of hydrogen-bond donors (Lipinski definition) is 4. The highest BCUT2D eigenvalue weighted by molar-refractivity contribution is 8.04. The van der Waals surface area contributed by atoms with Crippen molar-refractivity contribution in [1.82, 2.24) is 15.6 Å². The lowest BCUT2D eigenvalue weighted by Gasteiger charge is -2.18. The lowest BCUT2D eigenvalue weighted by Crippen LogP contribution is -2.44. The quantitative estimate of drug-likeness (QED) is 0.394. The highest BCUT2D eigenvalue weighted by Gasteiger charge is 2.28. The van der Waals surface area contributed by atoms with Crippen LogP contribution in [0.25, 0.3) is 0 Å². The van der Waals surface area contributed by atoms with E-state index < -0.39 is 36.2 Å². The number of aliphatic hydroxyl groups is 2. The number of aliphatic hydroxyl groups excluding tert-OH is 2. The number of allylic oxidation sites excluding steroid dienone is 2. The van der Waals surface area contributed by atoms with E-state index in [9.17, 15) is 24.6 Å². The van der Waals surface area contributed by atoms with E-state index in [0.717, 1.165) is 18.0 Å². The maximum absolute atomic E-state index is 12.6.